The van der Waals surface area contributed by atoms with Gasteiger partial charge in [0.05, 0.1) is 28.9 Å². The van der Waals surface area contributed by atoms with E-state index in [1.54, 1.807) is 12.1 Å². The Kier molecular flexibility index (Phi) is 4.71. The normalized spacial score (nSPS) is 11.5. The average Bonchev–Trinajstić information content (AvgIpc) is 3.00. The van der Waals surface area contributed by atoms with Gasteiger partial charge in [0.15, 0.2) is 0 Å². The molecule has 3 rings (SSSR count). The Hall–Kier alpha value is -3.20. The van der Waals surface area contributed by atoms with Crippen LogP contribution >= 0.6 is 0 Å². The van der Waals surface area contributed by atoms with E-state index in [0.29, 0.717) is 10.9 Å². The topological polar surface area (TPSA) is 109 Å². The Bertz CT molecular complexity index is 1150. The van der Waals surface area contributed by atoms with Gasteiger partial charge in [0.1, 0.15) is 0 Å². The van der Waals surface area contributed by atoms with Crippen molar-refractivity contribution < 1.29 is 22.9 Å². The van der Waals surface area contributed by atoms with Gasteiger partial charge >= 0.3 is 5.97 Å². The lowest BCUT2D eigenvalue weighted by molar-refractivity contribution is -0.384. The van der Waals surface area contributed by atoms with Crippen molar-refractivity contribution in [1.29, 1.82) is 0 Å². The first-order chi connectivity index (χ1) is 12.7. The summed E-state index contributed by atoms with van der Waals surface area (Å²) in [4.78, 5) is 22.3. The zero-order valence-electron chi connectivity index (χ0n) is 14.6. The molecule has 0 aliphatic carbocycles. The average molecular weight is 388 g/mol. The molecule has 0 saturated carbocycles. The summed E-state index contributed by atoms with van der Waals surface area (Å²) in [6.07, 6.45) is 1.10. The van der Waals surface area contributed by atoms with Gasteiger partial charge < -0.3 is 4.74 Å². The van der Waals surface area contributed by atoms with Gasteiger partial charge in [-0.25, -0.2) is 12.4 Å². The third kappa shape index (κ3) is 3.41. The summed E-state index contributed by atoms with van der Waals surface area (Å²) in [7, 11) is -2.73. The molecule has 0 aliphatic heterocycles. The summed E-state index contributed by atoms with van der Waals surface area (Å²) in [5.41, 5.74) is 1.30. The monoisotopic (exact) mass is 388 g/mol. The van der Waals surface area contributed by atoms with Crippen molar-refractivity contribution in [3.05, 3.63) is 69.9 Å². The molecule has 140 valence electrons. The second-order valence-corrected chi connectivity index (χ2v) is 7.79. The molecule has 0 unspecified atom stereocenters. The molecule has 1 heterocycles. The lowest BCUT2D eigenvalue weighted by Gasteiger charge is -2.07. The summed E-state index contributed by atoms with van der Waals surface area (Å²) in [5, 5.41) is 11.4. The minimum atomic E-state index is -3.94. The molecule has 0 N–H and O–H groups in total. The fourth-order valence-corrected chi connectivity index (χ4v) is 4.15. The van der Waals surface area contributed by atoms with Crippen LogP contribution < -0.4 is 0 Å². The number of ether oxygens (including phenoxy) is 1. The molecule has 9 heteroatoms. The van der Waals surface area contributed by atoms with Crippen LogP contribution in [0.2, 0.25) is 0 Å². The Morgan fingerprint density at radius 3 is 2.44 bits per heavy atom. The van der Waals surface area contributed by atoms with E-state index in [4.69, 9.17) is 0 Å². The number of non-ortho nitro benzene ring substituents is 1. The highest BCUT2D eigenvalue weighted by Crippen LogP contribution is 2.29. The van der Waals surface area contributed by atoms with Crippen LogP contribution in [0.3, 0.4) is 0 Å². The van der Waals surface area contributed by atoms with Crippen molar-refractivity contribution in [3.63, 3.8) is 0 Å². The molecule has 8 nitrogen and oxygen atoms in total. The van der Waals surface area contributed by atoms with E-state index >= 15 is 0 Å². The largest absolute Gasteiger partial charge is 0.469 e. The molecule has 0 fully saturated rings. The smallest absolute Gasteiger partial charge is 0.310 e. The number of nitrogens with zero attached hydrogens (tertiary/aromatic N) is 2. The van der Waals surface area contributed by atoms with Crippen molar-refractivity contribution >= 4 is 32.6 Å². The van der Waals surface area contributed by atoms with Crippen LogP contribution in [0.4, 0.5) is 5.69 Å². The minimum absolute atomic E-state index is 0.0768. The quantitative estimate of drug-likeness (QED) is 0.378. The summed E-state index contributed by atoms with van der Waals surface area (Å²) >= 11 is 0. The van der Waals surface area contributed by atoms with Crippen molar-refractivity contribution in [1.82, 2.24) is 3.97 Å². The predicted molar refractivity (Wildman–Crippen MR) is 98.1 cm³/mol. The zero-order valence-corrected chi connectivity index (χ0v) is 15.4. The Morgan fingerprint density at radius 2 is 1.85 bits per heavy atom. The van der Waals surface area contributed by atoms with Gasteiger partial charge in [-0.2, -0.15) is 0 Å². The number of nitro groups is 1. The number of aryl methyl sites for hydroxylation is 1. The number of nitro benzene ring substituents is 1. The number of methoxy groups -OCH3 is 1. The highest BCUT2D eigenvalue weighted by Gasteiger charge is 2.23. The number of hydrogen-bond acceptors (Lipinski definition) is 6. The molecule has 0 bridgehead atoms. The minimum Gasteiger partial charge on any atom is -0.469 e. The van der Waals surface area contributed by atoms with Gasteiger partial charge in [-0.15, -0.1) is 0 Å². The number of carbonyl (C=O) groups is 1. The standard InChI is InChI=1S/C18H16N2O6S/c1-12-3-6-15(7-4-12)27(24,25)19-11-13(9-18(21)26-2)16-10-14(20(22)23)5-8-17(16)19/h3-8,10-11H,9H2,1-2H3. The molecule has 2 aromatic carbocycles. The molecule has 0 radical (unpaired) electrons. The molecular weight excluding hydrogens is 372 g/mol. The number of fused-ring (bicyclic) bond motifs is 1. The highest BCUT2D eigenvalue weighted by atomic mass is 32.2. The molecule has 0 spiro atoms. The van der Waals surface area contributed by atoms with Crippen molar-refractivity contribution in [3.8, 4) is 0 Å². The van der Waals surface area contributed by atoms with Crippen LogP contribution in [0.15, 0.2) is 53.6 Å². The summed E-state index contributed by atoms with van der Waals surface area (Å²) in [6, 6.07) is 10.2. The van der Waals surface area contributed by atoms with Gasteiger partial charge in [0.25, 0.3) is 15.7 Å². The van der Waals surface area contributed by atoms with Crippen LogP contribution in [0.25, 0.3) is 10.9 Å². The Labute approximate surface area is 155 Å². The van der Waals surface area contributed by atoms with E-state index in [1.165, 1.54) is 43.6 Å². The summed E-state index contributed by atoms with van der Waals surface area (Å²) in [6.45, 7) is 1.84. The van der Waals surface area contributed by atoms with E-state index in [1.807, 2.05) is 6.92 Å². The van der Waals surface area contributed by atoms with E-state index < -0.39 is 20.9 Å². The maximum Gasteiger partial charge on any atom is 0.310 e. The predicted octanol–water partition coefficient (Wildman–Crippen LogP) is 2.81. The molecular formula is C18H16N2O6S. The fraction of sp³-hybridized carbons (Fsp3) is 0.167. The van der Waals surface area contributed by atoms with Crippen LogP contribution in [0.5, 0.6) is 0 Å². The van der Waals surface area contributed by atoms with E-state index in [-0.39, 0.29) is 22.5 Å². The van der Waals surface area contributed by atoms with Gasteiger partial charge in [0, 0.05) is 23.7 Å². The second-order valence-electron chi connectivity index (χ2n) is 5.98. The SMILES string of the molecule is COC(=O)Cc1cn(S(=O)(=O)c2ccc(C)cc2)c2ccc([N+](=O)[O-])cc12. The molecule has 1 aromatic heterocycles. The first kappa shape index (κ1) is 18.6. The second kappa shape index (κ2) is 6.84. The fourth-order valence-electron chi connectivity index (χ4n) is 2.76. The van der Waals surface area contributed by atoms with Gasteiger partial charge in [-0.1, -0.05) is 17.7 Å². The number of carbonyl (C=O) groups excluding carboxylic acids is 1. The van der Waals surface area contributed by atoms with Gasteiger partial charge in [0.2, 0.25) is 0 Å². The lowest BCUT2D eigenvalue weighted by Crippen LogP contribution is -2.12. The van der Waals surface area contributed by atoms with Crippen LogP contribution in [-0.2, 0) is 26.0 Å². The van der Waals surface area contributed by atoms with Crippen LogP contribution in [0.1, 0.15) is 11.1 Å². The molecule has 0 amide bonds. The summed E-state index contributed by atoms with van der Waals surface area (Å²) < 4.78 is 31.8. The number of benzene rings is 2. The lowest BCUT2D eigenvalue weighted by atomic mass is 10.1. The molecule has 3 aromatic rings. The molecule has 0 saturated heterocycles. The van der Waals surface area contributed by atoms with E-state index in [9.17, 15) is 23.3 Å². The number of hydrogen-bond donors (Lipinski definition) is 0. The first-order valence-electron chi connectivity index (χ1n) is 7.91. The van der Waals surface area contributed by atoms with E-state index in [0.717, 1.165) is 9.54 Å². The van der Waals surface area contributed by atoms with E-state index in [2.05, 4.69) is 4.74 Å². The highest BCUT2D eigenvalue weighted by molar-refractivity contribution is 7.90. The first-order valence-corrected chi connectivity index (χ1v) is 9.35. The Morgan fingerprint density at radius 1 is 1.19 bits per heavy atom. The number of aromatic nitrogens is 1. The zero-order chi connectivity index (χ0) is 19.8. The van der Waals surface area contributed by atoms with Crippen molar-refractivity contribution in [2.45, 2.75) is 18.2 Å². The Balaban J connectivity index is 2.25. The van der Waals surface area contributed by atoms with Crippen LogP contribution in [0, 0.1) is 17.0 Å². The number of esters is 1. The van der Waals surface area contributed by atoms with Crippen molar-refractivity contribution in [2.24, 2.45) is 0 Å². The molecule has 0 aliphatic rings. The third-order valence-corrected chi connectivity index (χ3v) is 5.88. The molecule has 0 atom stereocenters. The summed E-state index contributed by atoms with van der Waals surface area (Å²) in [5.74, 6) is -0.576. The van der Waals surface area contributed by atoms with Gasteiger partial charge in [-0.3, -0.25) is 14.9 Å². The maximum atomic E-state index is 13.1. The third-order valence-electron chi connectivity index (χ3n) is 4.19. The molecule has 27 heavy (non-hydrogen) atoms. The van der Waals surface area contributed by atoms with Crippen LogP contribution in [-0.4, -0.2) is 30.4 Å². The van der Waals surface area contributed by atoms with Crippen molar-refractivity contribution in [2.75, 3.05) is 7.11 Å². The number of rotatable bonds is 5. The van der Waals surface area contributed by atoms with Gasteiger partial charge in [-0.05, 0) is 30.7 Å². The maximum absolute atomic E-state index is 13.1.